The molecule has 4 aromatic carbocycles. The highest BCUT2D eigenvalue weighted by Crippen LogP contribution is 2.67. The summed E-state index contributed by atoms with van der Waals surface area (Å²) in [7, 11) is 0. The van der Waals surface area contributed by atoms with Crippen LogP contribution >= 0.6 is 36.4 Å². The minimum atomic E-state index is -4.92. The first-order chi connectivity index (χ1) is 41.6. The first kappa shape index (κ1) is 59.7. The molecule has 32 heteroatoms. The number of anilines is 2. The molecule has 3 aliphatic rings. The van der Waals surface area contributed by atoms with E-state index in [0.29, 0.717) is 33.9 Å². The molecule has 26 nitrogen and oxygen atoms in total. The molecule has 0 radical (unpaired) electrons. The Kier molecular flexibility index (Phi) is 17.7. The zero-order valence-corrected chi connectivity index (χ0v) is 48.1. The summed E-state index contributed by atoms with van der Waals surface area (Å²) in [6.07, 6.45) is -8.12. The van der Waals surface area contributed by atoms with E-state index in [1.54, 1.807) is 60.7 Å². The summed E-state index contributed by atoms with van der Waals surface area (Å²) >= 11 is 0.868. The molecule has 3 saturated heterocycles. The lowest BCUT2D eigenvalue weighted by Gasteiger charge is -2.30. The normalized spacial score (nSPS) is 24.9. The number of nitrogens with zero attached hydrogens (tertiary/aromatic N) is 12. The number of halogens is 2. The van der Waals surface area contributed by atoms with Crippen molar-refractivity contribution in [1.29, 1.82) is 0 Å². The van der Waals surface area contributed by atoms with Crippen LogP contribution in [0.4, 0.5) is 31.8 Å². The lowest BCUT2D eigenvalue weighted by atomic mass is 10.1. The largest absolute Gasteiger partial charge is 0.390 e. The number of ether oxygens (including phenoxy) is 2. The summed E-state index contributed by atoms with van der Waals surface area (Å²) in [5.41, 5.74) is -0.0274. The van der Waals surface area contributed by atoms with Crippen molar-refractivity contribution >= 4 is 93.5 Å². The van der Waals surface area contributed by atoms with Crippen molar-refractivity contribution in [3.63, 3.8) is 0 Å². The van der Waals surface area contributed by atoms with Crippen molar-refractivity contribution in [2.75, 3.05) is 36.1 Å². The fourth-order valence-electron chi connectivity index (χ4n) is 9.81. The number of carbonyl (C=O) groups excluding carboxylic acids is 2. The second-order valence-corrected chi connectivity index (χ2v) is 27.2. The number of hydrogen-bond donors (Lipinski definition) is 0. The van der Waals surface area contributed by atoms with Crippen molar-refractivity contribution in [1.82, 2.24) is 39.0 Å². The quantitative estimate of drug-likeness (QED) is 0.0333. The van der Waals surface area contributed by atoms with Crippen molar-refractivity contribution in [2.24, 2.45) is 0 Å². The number of benzene rings is 4. The van der Waals surface area contributed by atoms with Gasteiger partial charge in [0, 0.05) is 59.0 Å². The molecular weight excluding hydrogens is 1200 g/mol. The van der Waals surface area contributed by atoms with Crippen LogP contribution in [0.1, 0.15) is 44.3 Å². The highest BCUT2D eigenvalue weighted by atomic mass is 32.7. The van der Waals surface area contributed by atoms with Gasteiger partial charge in [-0.05, 0) is 47.0 Å². The van der Waals surface area contributed by atoms with E-state index < -0.39 is 109 Å². The molecule has 4 aromatic heterocycles. The second kappa shape index (κ2) is 25.5. The van der Waals surface area contributed by atoms with Crippen LogP contribution in [-0.4, -0.2) is 124 Å². The fraction of sp³-hybridized carbons (Fsp3) is 0.259. The van der Waals surface area contributed by atoms with Crippen LogP contribution in [0.2, 0.25) is 0 Å². The summed E-state index contributed by atoms with van der Waals surface area (Å²) in [6.45, 7) is -4.19. The molecule has 0 N–H and O–H groups in total. The van der Waals surface area contributed by atoms with Gasteiger partial charge in [-0.3, -0.25) is 66.8 Å². The molecule has 7 heterocycles. The lowest BCUT2D eigenvalue weighted by Crippen LogP contribution is -2.37. The molecule has 1 unspecified atom stereocenters. The predicted molar refractivity (Wildman–Crippen MR) is 311 cm³/mol. The molecule has 3 fully saturated rings. The highest BCUT2D eigenvalue weighted by molar-refractivity contribution is 8.55. The van der Waals surface area contributed by atoms with Crippen LogP contribution in [-0.2, 0) is 48.2 Å². The molecule has 0 saturated carbocycles. The zero-order valence-electron chi connectivity index (χ0n) is 44.7. The van der Waals surface area contributed by atoms with Crippen LogP contribution in [0, 0.1) is 20.2 Å². The molecule has 3 aliphatic heterocycles. The van der Waals surface area contributed by atoms with Crippen molar-refractivity contribution in [3.8, 4) is 0 Å². The van der Waals surface area contributed by atoms with E-state index in [0.717, 1.165) is 25.3 Å². The van der Waals surface area contributed by atoms with Crippen molar-refractivity contribution < 1.29 is 64.9 Å². The summed E-state index contributed by atoms with van der Waals surface area (Å²) in [4.78, 5) is 79.8. The Labute approximate surface area is 494 Å². The van der Waals surface area contributed by atoms with Gasteiger partial charge in [0.05, 0.1) is 35.7 Å². The third-order valence-electron chi connectivity index (χ3n) is 13.9. The average Bonchev–Trinajstić information content (AvgIpc) is 1.78. The SMILES string of the molecule is C=CCN(C(=O)c1ccccc1)c1ncnc2c1ncn2C1O[C@@H]2CO[P@](=O)(SCc3ccccc3[N+](=O)[O-])O[C@H]3[C@@H](F)[C@H](n4cnc5c(N(CC=C)C(=O)c6ccccc6)ncnc54)O[C@@H]3CO[P@](=O)(SCc3ccccc3[N+](=O)[O-])O[C@H]2[C@H]1F. The van der Waals surface area contributed by atoms with Gasteiger partial charge in [-0.1, -0.05) is 84.9 Å². The zero-order chi connectivity index (χ0) is 60.3. The fourth-order valence-corrected chi connectivity index (χ4v) is 16.6. The second-order valence-electron chi connectivity index (χ2n) is 19.1. The van der Waals surface area contributed by atoms with E-state index in [4.69, 9.17) is 27.6 Å². The standard InChI is InChI=1S/C54H48F2N12O14P2S2/c1-3-23-63(51(69)33-15-7-5-8-16-33)47-43-49(59-29-57-47)65(31-61-43)53-41(55)45-39(79-53)25-77-84(76,86-28-36-20-12-14-22-38(36)68(73)74)82-46-40(26-78-83(75,81-45)85-27-35-19-11-13-21-37(35)67(71)72)80-54(42(46)56)66-32-62-44-48(58-30-60-50(44)66)64(24-4-2)52(70)34-17-9-6-10-18-34/h3-22,29-32,39-42,45-46,53-54H,1-2,23-28H2/t39-,40-,41-,42-,45-,46-,53-,54?,83+,84+/m1/s1. The third-order valence-corrected chi connectivity index (χ3v) is 21.1. The maximum Gasteiger partial charge on any atom is 0.390 e. The van der Waals surface area contributed by atoms with Gasteiger partial charge in [0.25, 0.3) is 23.2 Å². The third kappa shape index (κ3) is 12.1. The molecule has 0 bridgehead atoms. The van der Waals surface area contributed by atoms with E-state index in [2.05, 4.69) is 43.1 Å². The summed E-state index contributed by atoms with van der Waals surface area (Å²) < 4.78 is 107. The maximum atomic E-state index is 17.8. The van der Waals surface area contributed by atoms with Gasteiger partial charge in [-0.2, -0.15) is 0 Å². The molecule has 444 valence electrons. The number of alkyl halides is 2. The van der Waals surface area contributed by atoms with Gasteiger partial charge in [0.1, 0.15) is 37.1 Å². The van der Waals surface area contributed by atoms with Gasteiger partial charge in [0.2, 0.25) is 0 Å². The molecule has 8 aromatic rings. The monoisotopic (exact) mass is 1250 g/mol. The van der Waals surface area contributed by atoms with Crippen LogP contribution in [0.15, 0.2) is 160 Å². The minimum absolute atomic E-state index is 0.0193. The Hall–Kier alpha value is -8.02. The van der Waals surface area contributed by atoms with Crippen LogP contribution in [0.25, 0.3) is 22.3 Å². The first-order valence-corrected chi connectivity index (χ1v) is 32.3. The van der Waals surface area contributed by atoms with Gasteiger partial charge in [0.15, 0.2) is 58.8 Å². The number of para-hydroxylation sites is 2. The van der Waals surface area contributed by atoms with Crippen LogP contribution in [0.5, 0.6) is 0 Å². The van der Waals surface area contributed by atoms with Gasteiger partial charge < -0.3 is 9.47 Å². The number of carbonyl (C=O) groups is 2. The molecule has 0 aliphatic carbocycles. The minimum Gasteiger partial charge on any atom is -0.346 e. The van der Waals surface area contributed by atoms with E-state index >= 15 is 17.9 Å². The van der Waals surface area contributed by atoms with Crippen molar-refractivity contribution in [2.45, 2.75) is 60.7 Å². The Morgan fingerprint density at radius 2 is 0.988 bits per heavy atom. The number of aromatic nitrogens is 8. The highest BCUT2D eigenvalue weighted by Gasteiger charge is 2.56. The molecule has 11 rings (SSSR count). The van der Waals surface area contributed by atoms with Gasteiger partial charge in [-0.15, -0.1) is 13.2 Å². The molecule has 86 heavy (non-hydrogen) atoms. The number of fused-ring (bicyclic) bond motifs is 4. The summed E-state index contributed by atoms with van der Waals surface area (Å²) in [5, 5.41) is 24.4. The lowest BCUT2D eigenvalue weighted by molar-refractivity contribution is -0.385. The Morgan fingerprint density at radius 1 is 0.605 bits per heavy atom. The molecule has 0 spiro atoms. The topological polar surface area (TPSA) is 304 Å². The number of nitro benzene ring substituents is 2. The van der Waals surface area contributed by atoms with Crippen LogP contribution < -0.4 is 9.80 Å². The summed E-state index contributed by atoms with van der Waals surface area (Å²) in [6, 6.07) is 27.7. The number of rotatable bonds is 18. The number of amides is 2. The molecular formula is C54H48F2N12O14P2S2. The van der Waals surface area contributed by atoms with E-state index in [-0.39, 0.29) is 69.6 Å². The van der Waals surface area contributed by atoms with E-state index in [1.165, 1.54) is 79.6 Å². The Morgan fingerprint density at radius 3 is 1.37 bits per heavy atom. The van der Waals surface area contributed by atoms with Gasteiger partial charge in [-0.25, -0.2) is 47.8 Å². The summed E-state index contributed by atoms with van der Waals surface area (Å²) in [5.74, 6) is -1.76. The number of hydrogen-bond acceptors (Lipinski definition) is 22. The van der Waals surface area contributed by atoms with Crippen molar-refractivity contribution in [3.05, 3.63) is 202 Å². The smallest absolute Gasteiger partial charge is 0.346 e. The van der Waals surface area contributed by atoms with Gasteiger partial charge >= 0.3 is 13.6 Å². The Bertz CT molecular complexity index is 3740. The first-order valence-electron chi connectivity index (χ1n) is 26.1. The average molecular weight is 1250 g/mol. The van der Waals surface area contributed by atoms with Crippen LogP contribution in [0.3, 0.4) is 0 Å². The maximum absolute atomic E-state index is 17.8. The Balaban J connectivity index is 0.968. The molecule has 10 atom stereocenters. The number of imidazole rings is 2. The predicted octanol–water partition coefficient (Wildman–Crippen LogP) is 10.5. The molecule has 2 amide bonds. The number of nitro groups is 2. The van der Waals surface area contributed by atoms with E-state index in [1.807, 2.05) is 0 Å². The van der Waals surface area contributed by atoms with E-state index in [9.17, 15) is 29.8 Å².